The molecule has 19 heteroatoms. The van der Waals surface area contributed by atoms with Crippen LogP contribution in [0, 0.1) is 23.7 Å². The molecule has 16 unspecified atom stereocenters. The van der Waals surface area contributed by atoms with E-state index in [0.717, 1.165) is 128 Å². The standard InChI is InChI=1S/C63H84O12Si7/c1-64-78(51-17-7-2-8-18-51)72-79(41-37-49-29-33-58-62(45-49)67-58)70-77(40-36-48-28-32-57-61(44-48)66-57)71-80(42-38-50-30-34-59-63(46-50)68-59,75-82(73-79,54-23-13-5-14-24-54)55-25-15-6-16-26-55)74-81(52-19-9-3-10-20-52,53-21-11-4-12-22-53)69-76-39-35-47-27-31-56-60(43-47)65-56/h2-26,47-50,56-63,77-78H,27-46,76H2,1H3. The van der Waals surface area contributed by atoms with Crippen molar-refractivity contribution in [2.24, 2.45) is 23.7 Å². The Balaban J connectivity index is 0.935. The van der Waals surface area contributed by atoms with Crippen LogP contribution in [-0.2, 0) is 52.2 Å². The molecule has 12 nitrogen and oxygen atoms in total. The molecule has 5 aromatic carbocycles. The lowest BCUT2D eigenvalue weighted by Crippen LogP contribution is -2.79. The van der Waals surface area contributed by atoms with Gasteiger partial charge in [-0.1, -0.05) is 158 Å². The number of fused-ring (bicyclic) bond motifs is 4. The van der Waals surface area contributed by atoms with E-state index in [1.54, 1.807) is 7.11 Å². The molecule has 9 aliphatic rings. The van der Waals surface area contributed by atoms with Crippen molar-refractivity contribution in [2.75, 3.05) is 7.11 Å². The predicted octanol–water partition coefficient (Wildman–Crippen LogP) is 7.83. The maximum Gasteiger partial charge on any atom is 0.474 e. The fraction of sp³-hybridized carbons (Fsp3) is 0.524. The monoisotopic (exact) mass is 1230 g/mol. The van der Waals surface area contributed by atoms with Gasteiger partial charge in [0.05, 0.1) is 48.8 Å². The Morgan fingerprint density at radius 2 is 0.902 bits per heavy atom. The second-order valence-electron chi connectivity index (χ2n) is 25.3. The Labute approximate surface area is 496 Å². The van der Waals surface area contributed by atoms with E-state index in [1.165, 1.54) is 12.8 Å². The molecule has 5 saturated heterocycles. The quantitative estimate of drug-likeness (QED) is 0.0340. The first-order valence-corrected chi connectivity index (χ1v) is 43.9. The van der Waals surface area contributed by atoms with Crippen molar-refractivity contribution >= 4 is 89.0 Å². The lowest BCUT2D eigenvalue weighted by molar-refractivity contribution is 0.139. The van der Waals surface area contributed by atoms with E-state index in [4.69, 9.17) is 52.2 Å². The minimum absolute atomic E-state index is 0.323. The van der Waals surface area contributed by atoms with E-state index < -0.39 is 63.1 Å². The molecule has 0 bridgehead atoms. The van der Waals surface area contributed by atoms with E-state index in [1.807, 2.05) is 0 Å². The summed E-state index contributed by atoms with van der Waals surface area (Å²) in [4.78, 5) is 0. The average Bonchev–Trinajstić information content (AvgIpc) is 3.75. The normalized spacial score (nSPS) is 35.7. The Morgan fingerprint density at radius 3 is 1.38 bits per heavy atom. The first kappa shape index (κ1) is 56.9. The third kappa shape index (κ3) is 13.0. The Bertz CT molecular complexity index is 2780. The van der Waals surface area contributed by atoms with Gasteiger partial charge in [0.25, 0.3) is 0 Å². The summed E-state index contributed by atoms with van der Waals surface area (Å²) in [7, 11) is -21.0. The van der Waals surface area contributed by atoms with Gasteiger partial charge in [-0.15, -0.1) is 0 Å². The first-order chi connectivity index (χ1) is 40.3. The molecule has 0 N–H and O–H groups in total. The van der Waals surface area contributed by atoms with Crippen LogP contribution < -0.4 is 25.9 Å². The fourth-order valence-electron chi connectivity index (χ4n) is 15.0. The van der Waals surface area contributed by atoms with Crippen LogP contribution >= 0.6 is 0 Å². The van der Waals surface area contributed by atoms with Crippen LogP contribution in [0.5, 0.6) is 0 Å². The molecule has 14 rings (SSSR count). The Kier molecular flexibility index (Phi) is 17.4. The molecule has 4 aliphatic carbocycles. The van der Waals surface area contributed by atoms with Crippen LogP contribution in [0.15, 0.2) is 152 Å². The highest BCUT2D eigenvalue weighted by molar-refractivity contribution is 7.05. The molecule has 0 spiro atoms. The van der Waals surface area contributed by atoms with E-state index >= 15 is 0 Å². The van der Waals surface area contributed by atoms with Gasteiger partial charge < -0.3 is 52.2 Å². The SMILES string of the molecule is CO[SiH](O[Si]1(CCC2CCC3OC3C2)O[SiH](CCC2CCC3OC3C2)O[Si](CCC2CCC3OC3C2)(O[Si](O[SiH2]CCC2CCC3OC3C2)(c2ccccc2)c2ccccc2)O[Si](c2ccccc2)(c2ccccc2)O1)c1ccccc1. The largest absolute Gasteiger partial charge is 0.474 e. The van der Waals surface area contributed by atoms with Crippen molar-refractivity contribution in [1.82, 2.24) is 0 Å². The molecule has 0 aromatic heterocycles. The maximum absolute atomic E-state index is 8.80. The molecule has 16 atom stereocenters. The summed E-state index contributed by atoms with van der Waals surface area (Å²) in [6.07, 6.45) is 20.4. The highest BCUT2D eigenvalue weighted by atomic mass is 28.6. The number of rotatable bonds is 24. The van der Waals surface area contributed by atoms with Crippen LogP contribution in [0.3, 0.4) is 0 Å². The molecule has 0 radical (unpaired) electrons. The van der Waals surface area contributed by atoms with Crippen molar-refractivity contribution in [1.29, 1.82) is 0 Å². The topological polar surface area (TPSA) is 124 Å². The van der Waals surface area contributed by atoms with Gasteiger partial charge in [-0.05, 0) is 158 Å². The zero-order valence-electron chi connectivity index (χ0n) is 47.8. The summed E-state index contributed by atoms with van der Waals surface area (Å²) in [5.74, 6) is 2.02. The second-order valence-corrected chi connectivity index (χ2v) is 44.6. The summed E-state index contributed by atoms with van der Waals surface area (Å²) < 4.78 is 90.1. The fourth-order valence-corrected chi connectivity index (χ4v) is 47.8. The van der Waals surface area contributed by atoms with Gasteiger partial charge >= 0.3 is 53.3 Å². The molecule has 5 heterocycles. The van der Waals surface area contributed by atoms with Crippen LogP contribution in [0.25, 0.3) is 0 Å². The van der Waals surface area contributed by atoms with Gasteiger partial charge in [0.2, 0.25) is 0 Å². The van der Waals surface area contributed by atoms with Crippen LogP contribution in [0.4, 0.5) is 0 Å². The number of ether oxygens (including phenoxy) is 4. The van der Waals surface area contributed by atoms with Crippen LogP contribution in [-0.4, -0.2) is 119 Å². The molecule has 82 heavy (non-hydrogen) atoms. The van der Waals surface area contributed by atoms with E-state index in [9.17, 15) is 0 Å². The molecule has 436 valence electrons. The van der Waals surface area contributed by atoms with E-state index in [2.05, 4.69) is 152 Å². The lowest BCUT2D eigenvalue weighted by atomic mass is 9.88. The predicted molar refractivity (Wildman–Crippen MR) is 333 cm³/mol. The third-order valence-electron chi connectivity index (χ3n) is 19.7. The van der Waals surface area contributed by atoms with Gasteiger partial charge in [0.15, 0.2) is 0 Å². The van der Waals surface area contributed by atoms with Crippen molar-refractivity contribution < 1.29 is 52.2 Å². The Hall–Kier alpha value is -2.86. The summed E-state index contributed by atoms with van der Waals surface area (Å²) in [5, 5.41) is 5.13. The third-order valence-corrected chi connectivity index (χ3v) is 45.7. The molecule has 5 aromatic rings. The Morgan fingerprint density at radius 1 is 0.488 bits per heavy atom. The summed E-state index contributed by atoms with van der Waals surface area (Å²) in [5.41, 5.74) is 0. The van der Waals surface area contributed by atoms with E-state index in [0.29, 0.717) is 84.6 Å². The molecule has 5 aliphatic heterocycles. The minimum Gasteiger partial charge on any atom is -0.435 e. The van der Waals surface area contributed by atoms with Gasteiger partial charge in [-0.3, -0.25) is 0 Å². The van der Waals surface area contributed by atoms with Crippen LogP contribution in [0.1, 0.15) is 103 Å². The van der Waals surface area contributed by atoms with Crippen LogP contribution in [0.2, 0.25) is 24.2 Å². The van der Waals surface area contributed by atoms with Gasteiger partial charge in [0.1, 0.15) is 9.76 Å². The number of hydrogen-bond donors (Lipinski definition) is 0. The van der Waals surface area contributed by atoms with E-state index in [-0.39, 0.29) is 0 Å². The molecule has 4 saturated carbocycles. The van der Waals surface area contributed by atoms with Gasteiger partial charge in [0, 0.05) is 19.2 Å². The number of hydrogen-bond acceptors (Lipinski definition) is 12. The summed E-state index contributed by atoms with van der Waals surface area (Å²) in [6.45, 7) is 0. The minimum atomic E-state index is -4.16. The smallest absolute Gasteiger partial charge is 0.435 e. The molecular weight excluding hydrogens is 1150 g/mol. The zero-order valence-corrected chi connectivity index (χ0v) is 55.5. The zero-order chi connectivity index (χ0) is 55.0. The molecule has 0 amide bonds. The number of epoxide rings is 4. The first-order valence-electron chi connectivity index (χ1n) is 31.5. The summed E-state index contributed by atoms with van der Waals surface area (Å²) in [6, 6.07) is 56.9. The average molecular weight is 1230 g/mol. The molecule has 9 fully saturated rings. The van der Waals surface area contributed by atoms with Crippen molar-refractivity contribution in [3.05, 3.63) is 152 Å². The van der Waals surface area contributed by atoms with Gasteiger partial charge in [-0.25, -0.2) is 0 Å². The highest BCUT2D eigenvalue weighted by Gasteiger charge is 2.66. The maximum atomic E-state index is 8.80. The van der Waals surface area contributed by atoms with Crippen molar-refractivity contribution in [2.45, 2.75) is 176 Å². The van der Waals surface area contributed by atoms with Crippen molar-refractivity contribution in [3.63, 3.8) is 0 Å². The lowest BCUT2D eigenvalue weighted by Gasteiger charge is -2.51. The summed E-state index contributed by atoms with van der Waals surface area (Å²) >= 11 is 0. The second kappa shape index (κ2) is 25.1. The molecular formula is C63H84O12Si7. The highest BCUT2D eigenvalue weighted by Crippen LogP contribution is 2.47. The van der Waals surface area contributed by atoms with Crippen molar-refractivity contribution in [3.8, 4) is 0 Å². The number of benzene rings is 5. The van der Waals surface area contributed by atoms with Gasteiger partial charge in [-0.2, -0.15) is 0 Å².